The Morgan fingerprint density at radius 3 is 2.53 bits per heavy atom. The van der Waals surface area contributed by atoms with Gasteiger partial charge in [0.2, 0.25) is 0 Å². The summed E-state index contributed by atoms with van der Waals surface area (Å²) in [6.07, 6.45) is -2.27. The highest BCUT2D eigenvalue weighted by Gasteiger charge is 2.19. The van der Waals surface area contributed by atoms with Gasteiger partial charge in [0.15, 0.2) is 6.10 Å². The van der Waals surface area contributed by atoms with E-state index in [1.807, 2.05) is 0 Å². The molecule has 0 aliphatic carbocycles. The van der Waals surface area contributed by atoms with Gasteiger partial charge in [-0.1, -0.05) is 24.3 Å². The van der Waals surface area contributed by atoms with Crippen LogP contribution in [0.25, 0.3) is 0 Å². The summed E-state index contributed by atoms with van der Waals surface area (Å²) < 4.78 is 0. The highest BCUT2D eigenvalue weighted by Crippen LogP contribution is 2.21. The van der Waals surface area contributed by atoms with Crippen LogP contribution in [0.4, 0.5) is 0 Å². The van der Waals surface area contributed by atoms with Gasteiger partial charge in [0.25, 0.3) is 0 Å². The molecule has 0 radical (unpaired) electrons. The molecule has 0 fully saturated rings. The molecule has 0 saturated carbocycles. The first kappa shape index (κ1) is 11.7. The third-order valence-electron chi connectivity index (χ3n) is 2.19. The van der Waals surface area contributed by atoms with Crippen LogP contribution >= 0.6 is 0 Å². The predicted octanol–water partition coefficient (Wildman–Crippen LogP) is 0.139. The molecule has 0 saturated heterocycles. The smallest absolute Gasteiger partial charge is 0.170 e. The average Bonchev–Trinajstić information content (AvgIpc) is 2.28. The van der Waals surface area contributed by atoms with E-state index in [0.717, 1.165) is 5.56 Å². The maximum Gasteiger partial charge on any atom is 0.170 e. The van der Waals surface area contributed by atoms with Crippen molar-refractivity contribution in [2.75, 3.05) is 6.61 Å². The lowest BCUT2D eigenvalue weighted by atomic mass is 9.97. The molecular formula is C11H13NO3. The second kappa shape index (κ2) is 5.47. The molecule has 4 nitrogen and oxygen atoms in total. The van der Waals surface area contributed by atoms with E-state index in [4.69, 9.17) is 10.4 Å². The molecule has 80 valence electrons. The highest BCUT2D eigenvalue weighted by atomic mass is 16.3. The maximum absolute atomic E-state index is 9.64. The summed E-state index contributed by atoms with van der Waals surface area (Å²) in [5.41, 5.74) is 1.22. The van der Waals surface area contributed by atoms with Crippen molar-refractivity contribution in [1.82, 2.24) is 0 Å². The number of rotatable bonds is 4. The van der Waals surface area contributed by atoms with Crippen molar-refractivity contribution in [3.05, 3.63) is 35.4 Å². The fourth-order valence-corrected chi connectivity index (χ4v) is 1.41. The summed E-state index contributed by atoms with van der Waals surface area (Å²) >= 11 is 0. The average molecular weight is 207 g/mol. The Kier molecular flexibility index (Phi) is 4.25. The molecule has 2 unspecified atom stereocenters. The Balaban J connectivity index is 2.97. The van der Waals surface area contributed by atoms with Crippen LogP contribution in [0.15, 0.2) is 24.3 Å². The van der Waals surface area contributed by atoms with Crippen molar-refractivity contribution in [2.24, 2.45) is 0 Å². The van der Waals surface area contributed by atoms with Crippen LogP contribution in [0.1, 0.15) is 17.2 Å². The van der Waals surface area contributed by atoms with E-state index in [2.05, 4.69) is 0 Å². The molecule has 0 spiro atoms. The first-order chi connectivity index (χ1) is 7.20. The lowest BCUT2D eigenvalue weighted by Gasteiger charge is -2.15. The van der Waals surface area contributed by atoms with Gasteiger partial charge >= 0.3 is 0 Å². The van der Waals surface area contributed by atoms with E-state index in [1.54, 1.807) is 30.3 Å². The topological polar surface area (TPSA) is 84.5 Å². The fraction of sp³-hybridized carbons (Fsp3) is 0.364. The van der Waals surface area contributed by atoms with Gasteiger partial charge in [-0.25, -0.2) is 0 Å². The summed E-state index contributed by atoms with van der Waals surface area (Å²) in [6, 6.07) is 8.45. The fourth-order valence-electron chi connectivity index (χ4n) is 1.41. The minimum absolute atomic E-state index is 0.0353. The van der Waals surface area contributed by atoms with Gasteiger partial charge in [0.05, 0.1) is 6.07 Å². The lowest BCUT2D eigenvalue weighted by molar-refractivity contribution is 0.0520. The predicted molar refractivity (Wildman–Crippen MR) is 53.8 cm³/mol. The van der Waals surface area contributed by atoms with Crippen LogP contribution in [0.5, 0.6) is 0 Å². The van der Waals surface area contributed by atoms with Crippen LogP contribution in [-0.2, 0) is 6.42 Å². The Hall–Kier alpha value is -1.41. The van der Waals surface area contributed by atoms with Crippen molar-refractivity contribution in [2.45, 2.75) is 18.6 Å². The number of benzene rings is 1. The summed E-state index contributed by atoms with van der Waals surface area (Å²) in [7, 11) is 0. The second-order valence-electron chi connectivity index (χ2n) is 3.19. The van der Waals surface area contributed by atoms with Crippen LogP contribution in [0.2, 0.25) is 0 Å². The zero-order valence-electron chi connectivity index (χ0n) is 8.17. The van der Waals surface area contributed by atoms with E-state index in [0.29, 0.717) is 12.0 Å². The molecular weight excluding hydrogens is 194 g/mol. The maximum atomic E-state index is 9.64. The van der Waals surface area contributed by atoms with Crippen LogP contribution in [-0.4, -0.2) is 28.0 Å². The summed E-state index contributed by atoms with van der Waals surface area (Å²) in [5.74, 6) is 0. The molecule has 0 heterocycles. The van der Waals surface area contributed by atoms with Crippen molar-refractivity contribution in [3.8, 4) is 6.07 Å². The largest absolute Gasteiger partial charge is 0.396 e. The first-order valence-electron chi connectivity index (χ1n) is 4.65. The summed E-state index contributed by atoms with van der Waals surface area (Å²) in [4.78, 5) is 0. The molecule has 1 aromatic rings. The second-order valence-corrected chi connectivity index (χ2v) is 3.19. The monoisotopic (exact) mass is 207 g/mol. The van der Waals surface area contributed by atoms with Crippen molar-refractivity contribution in [3.63, 3.8) is 0 Å². The Morgan fingerprint density at radius 2 is 1.93 bits per heavy atom. The lowest BCUT2D eigenvalue weighted by Crippen LogP contribution is -2.17. The molecule has 0 aromatic heterocycles. The molecule has 0 aliphatic rings. The van der Waals surface area contributed by atoms with Gasteiger partial charge in [-0.05, 0) is 17.5 Å². The first-order valence-corrected chi connectivity index (χ1v) is 4.65. The van der Waals surface area contributed by atoms with E-state index in [-0.39, 0.29) is 6.61 Å². The number of hydrogen-bond acceptors (Lipinski definition) is 4. The Bertz CT molecular complexity index is 359. The van der Waals surface area contributed by atoms with Crippen molar-refractivity contribution < 1.29 is 15.3 Å². The van der Waals surface area contributed by atoms with Crippen molar-refractivity contribution >= 4 is 0 Å². The molecule has 1 rings (SSSR count). The molecule has 2 atom stereocenters. The number of nitrogens with zero attached hydrogens (tertiary/aromatic N) is 1. The third kappa shape index (κ3) is 2.77. The van der Waals surface area contributed by atoms with Gasteiger partial charge in [0, 0.05) is 6.61 Å². The van der Waals surface area contributed by atoms with E-state index in [9.17, 15) is 10.2 Å². The van der Waals surface area contributed by atoms with E-state index >= 15 is 0 Å². The van der Waals surface area contributed by atoms with Gasteiger partial charge < -0.3 is 15.3 Å². The van der Waals surface area contributed by atoms with E-state index in [1.165, 1.54) is 0 Å². The zero-order chi connectivity index (χ0) is 11.3. The van der Waals surface area contributed by atoms with Crippen LogP contribution in [0, 0.1) is 11.3 Å². The molecule has 0 bridgehead atoms. The summed E-state index contributed by atoms with van der Waals surface area (Å²) in [6.45, 7) is -0.0353. The molecule has 3 N–H and O–H groups in total. The number of hydrogen-bond donors (Lipinski definition) is 3. The number of aliphatic hydroxyl groups is 3. The Morgan fingerprint density at radius 1 is 1.27 bits per heavy atom. The quantitative estimate of drug-likeness (QED) is 0.613. The van der Waals surface area contributed by atoms with Crippen LogP contribution < -0.4 is 0 Å². The molecule has 1 aromatic carbocycles. The van der Waals surface area contributed by atoms with Gasteiger partial charge in [0.1, 0.15) is 6.10 Å². The molecule has 15 heavy (non-hydrogen) atoms. The molecule has 4 heteroatoms. The van der Waals surface area contributed by atoms with Crippen LogP contribution in [0.3, 0.4) is 0 Å². The minimum Gasteiger partial charge on any atom is -0.396 e. The molecule has 0 aliphatic heterocycles. The zero-order valence-corrected chi connectivity index (χ0v) is 8.17. The van der Waals surface area contributed by atoms with Gasteiger partial charge in [-0.3, -0.25) is 0 Å². The highest BCUT2D eigenvalue weighted by molar-refractivity contribution is 5.30. The SMILES string of the molecule is N#CC(O)C(O)c1ccccc1CCO. The van der Waals surface area contributed by atoms with Gasteiger partial charge in [-0.2, -0.15) is 5.26 Å². The number of nitriles is 1. The third-order valence-corrected chi connectivity index (χ3v) is 2.19. The van der Waals surface area contributed by atoms with Gasteiger partial charge in [-0.15, -0.1) is 0 Å². The Labute approximate surface area is 88.0 Å². The standard InChI is InChI=1S/C11H13NO3/c12-7-10(14)11(15)9-4-2-1-3-8(9)5-6-13/h1-4,10-11,13-15H,5-6H2. The molecule has 0 amide bonds. The normalized spacial score (nSPS) is 14.3. The van der Waals surface area contributed by atoms with Crippen molar-refractivity contribution in [1.29, 1.82) is 5.26 Å². The van der Waals surface area contributed by atoms with E-state index < -0.39 is 12.2 Å². The minimum atomic E-state index is -1.44. The summed E-state index contributed by atoms with van der Waals surface area (Å²) in [5, 5.41) is 36.1. The number of aliphatic hydroxyl groups excluding tert-OH is 3.